The first-order chi connectivity index (χ1) is 17.9. The number of pyridine rings is 1. The maximum absolute atomic E-state index is 13.4. The van der Waals surface area contributed by atoms with Crippen molar-refractivity contribution in [3.05, 3.63) is 29.2 Å². The van der Waals surface area contributed by atoms with E-state index in [0.717, 1.165) is 26.1 Å². The Balaban J connectivity index is 1.82. The SMILES string of the molecule is Cc1c(C(=O)NCC2CCC(S(C)(=O)=O)CC2)nn(C)c1-c1cnc(CC(C)(C)C(F)(F)F)cc1OC(F)F. The van der Waals surface area contributed by atoms with Gasteiger partial charge in [-0.05, 0) is 38.5 Å². The molecule has 1 N–H and O–H groups in total. The molecule has 2 heterocycles. The lowest BCUT2D eigenvalue weighted by Crippen LogP contribution is -2.34. The average Bonchev–Trinajstić information content (AvgIpc) is 3.10. The average molecular weight is 581 g/mol. The van der Waals surface area contributed by atoms with Gasteiger partial charge in [-0.15, -0.1) is 0 Å². The van der Waals surface area contributed by atoms with Gasteiger partial charge >= 0.3 is 12.8 Å². The van der Waals surface area contributed by atoms with Crippen LogP contribution in [-0.4, -0.2) is 59.9 Å². The highest BCUT2D eigenvalue weighted by atomic mass is 32.2. The number of sulfone groups is 1. The fourth-order valence-corrected chi connectivity index (χ4v) is 5.93. The van der Waals surface area contributed by atoms with Crippen LogP contribution >= 0.6 is 0 Å². The molecule has 39 heavy (non-hydrogen) atoms. The zero-order valence-corrected chi connectivity index (χ0v) is 23.2. The second kappa shape index (κ2) is 11.4. The summed E-state index contributed by atoms with van der Waals surface area (Å²) < 4.78 is 96.0. The number of carbonyl (C=O) groups is 1. The quantitative estimate of drug-likeness (QED) is 0.425. The van der Waals surface area contributed by atoms with Crippen LogP contribution in [0.4, 0.5) is 22.0 Å². The summed E-state index contributed by atoms with van der Waals surface area (Å²) in [4.78, 5) is 17.0. The Kier molecular flexibility index (Phi) is 8.98. The van der Waals surface area contributed by atoms with Crippen molar-refractivity contribution in [1.29, 1.82) is 0 Å². The molecule has 3 rings (SSSR count). The van der Waals surface area contributed by atoms with Gasteiger partial charge < -0.3 is 10.1 Å². The summed E-state index contributed by atoms with van der Waals surface area (Å²) in [6, 6.07) is 1.05. The van der Waals surface area contributed by atoms with Crippen LogP contribution < -0.4 is 10.1 Å². The number of hydrogen-bond acceptors (Lipinski definition) is 6. The van der Waals surface area contributed by atoms with Gasteiger partial charge in [0.05, 0.1) is 21.9 Å². The Morgan fingerprint density at radius 1 is 1.21 bits per heavy atom. The van der Waals surface area contributed by atoms with Crippen molar-refractivity contribution in [2.75, 3.05) is 12.8 Å². The Morgan fingerprint density at radius 3 is 2.36 bits per heavy atom. The van der Waals surface area contributed by atoms with Crippen LogP contribution in [-0.2, 0) is 23.3 Å². The summed E-state index contributed by atoms with van der Waals surface area (Å²) in [5, 5.41) is 6.68. The number of amides is 1. The highest BCUT2D eigenvalue weighted by Gasteiger charge is 2.47. The zero-order chi connectivity index (χ0) is 29.3. The molecule has 0 bridgehead atoms. The number of nitrogens with zero attached hydrogens (tertiary/aromatic N) is 3. The first-order valence-corrected chi connectivity index (χ1v) is 14.4. The summed E-state index contributed by atoms with van der Waals surface area (Å²) in [6.45, 7) is 0.629. The summed E-state index contributed by atoms with van der Waals surface area (Å²) in [5.74, 6) is -0.764. The number of nitrogens with one attached hydrogen (secondary N) is 1. The van der Waals surface area contributed by atoms with E-state index < -0.39 is 40.4 Å². The van der Waals surface area contributed by atoms with Gasteiger partial charge in [0.1, 0.15) is 15.6 Å². The lowest BCUT2D eigenvalue weighted by atomic mass is 9.86. The van der Waals surface area contributed by atoms with Crippen molar-refractivity contribution in [3.8, 4) is 17.0 Å². The van der Waals surface area contributed by atoms with Crippen LogP contribution in [0.3, 0.4) is 0 Å². The number of carbonyl (C=O) groups excluding carboxylic acids is 1. The van der Waals surface area contributed by atoms with Crippen LogP contribution in [0.2, 0.25) is 0 Å². The number of aryl methyl sites for hydroxylation is 1. The molecule has 1 fully saturated rings. The Bertz CT molecular complexity index is 1300. The number of halogens is 5. The third-order valence-electron chi connectivity index (χ3n) is 7.23. The van der Waals surface area contributed by atoms with Crippen molar-refractivity contribution in [3.63, 3.8) is 0 Å². The largest absolute Gasteiger partial charge is 0.434 e. The molecular formula is C25H33F5N4O4S. The molecule has 1 aliphatic carbocycles. The molecule has 1 aliphatic rings. The smallest absolute Gasteiger partial charge is 0.394 e. The van der Waals surface area contributed by atoms with E-state index in [-0.39, 0.29) is 39.6 Å². The van der Waals surface area contributed by atoms with Gasteiger partial charge in [-0.25, -0.2) is 8.42 Å². The Hall–Kier alpha value is -2.77. The maximum Gasteiger partial charge on any atom is 0.394 e. The fourth-order valence-electron chi connectivity index (χ4n) is 4.81. The number of ether oxygens (including phenoxy) is 1. The van der Waals surface area contributed by atoms with Gasteiger partial charge in [0.15, 0.2) is 5.69 Å². The molecule has 2 aromatic heterocycles. The van der Waals surface area contributed by atoms with Crippen molar-refractivity contribution in [2.45, 2.75) is 70.9 Å². The molecule has 1 saturated carbocycles. The van der Waals surface area contributed by atoms with Crippen molar-refractivity contribution in [1.82, 2.24) is 20.1 Å². The van der Waals surface area contributed by atoms with E-state index in [1.165, 1.54) is 18.0 Å². The molecule has 2 aromatic rings. The normalized spacial score (nSPS) is 18.8. The van der Waals surface area contributed by atoms with E-state index in [1.807, 2.05) is 0 Å². The van der Waals surface area contributed by atoms with E-state index in [0.29, 0.717) is 37.8 Å². The van der Waals surface area contributed by atoms with Gasteiger partial charge in [-0.2, -0.15) is 27.1 Å². The predicted octanol–water partition coefficient (Wildman–Crippen LogP) is 4.86. The minimum atomic E-state index is -4.54. The van der Waals surface area contributed by atoms with Crippen LogP contribution in [0.5, 0.6) is 5.75 Å². The molecule has 14 heteroatoms. The Morgan fingerprint density at radius 2 is 1.82 bits per heavy atom. The first-order valence-electron chi connectivity index (χ1n) is 12.4. The molecule has 0 saturated heterocycles. The van der Waals surface area contributed by atoms with E-state index in [4.69, 9.17) is 0 Å². The molecular weight excluding hydrogens is 547 g/mol. The molecule has 0 aromatic carbocycles. The van der Waals surface area contributed by atoms with E-state index in [9.17, 15) is 35.2 Å². The lowest BCUT2D eigenvalue weighted by molar-refractivity contribution is -0.211. The molecule has 0 aliphatic heterocycles. The van der Waals surface area contributed by atoms with Crippen LogP contribution in [0.25, 0.3) is 11.3 Å². The lowest BCUT2D eigenvalue weighted by Gasteiger charge is -2.27. The number of alkyl halides is 5. The fraction of sp³-hybridized carbons (Fsp3) is 0.640. The number of aromatic nitrogens is 3. The highest BCUT2D eigenvalue weighted by Crippen LogP contribution is 2.41. The predicted molar refractivity (Wildman–Crippen MR) is 134 cm³/mol. The Labute approximate surface area is 224 Å². The second-order valence-electron chi connectivity index (χ2n) is 10.7. The third-order valence-corrected chi connectivity index (χ3v) is 8.92. The minimum Gasteiger partial charge on any atom is -0.434 e. The standard InChI is InChI=1S/C25H33F5N4O4S/c1-14-20(22(35)32-12-15-6-8-17(9-7-15)39(5,36)37)33-34(4)21(14)18-13-31-16(10-19(18)38-23(26)27)11-24(2,3)25(28,29)30/h10,13,15,17,23H,6-9,11-12H2,1-5H3,(H,32,35). The number of hydrogen-bond donors (Lipinski definition) is 1. The van der Waals surface area contributed by atoms with Crippen LogP contribution in [0.1, 0.15) is 61.3 Å². The summed E-state index contributed by atoms with van der Waals surface area (Å²) in [5.41, 5.74) is -1.54. The van der Waals surface area contributed by atoms with Gasteiger partial charge in [0, 0.05) is 49.8 Å². The van der Waals surface area contributed by atoms with Crippen LogP contribution in [0.15, 0.2) is 12.3 Å². The summed E-state index contributed by atoms with van der Waals surface area (Å²) in [6.07, 6.45) is -0.351. The highest BCUT2D eigenvalue weighted by molar-refractivity contribution is 7.91. The van der Waals surface area contributed by atoms with Crippen molar-refractivity contribution < 1.29 is 39.9 Å². The van der Waals surface area contributed by atoms with Crippen molar-refractivity contribution >= 4 is 15.7 Å². The summed E-state index contributed by atoms with van der Waals surface area (Å²) in [7, 11) is -1.60. The monoisotopic (exact) mass is 580 g/mol. The minimum absolute atomic E-state index is 0.0441. The van der Waals surface area contributed by atoms with E-state index in [1.54, 1.807) is 6.92 Å². The first kappa shape index (κ1) is 30.8. The molecule has 0 unspecified atom stereocenters. The maximum atomic E-state index is 13.4. The van der Waals surface area contributed by atoms with E-state index >= 15 is 0 Å². The summed E-state index contributed by atoms with van der Waals surface area (Å²) >= 11 is 0. The zero-order valence-electron chi connectivity index (χ0n) is 22.4. The van der Waals surface area contributed by atoms with Gasteiger partial charge in [0.2, 0.25) is 0 Å². The molecule has 0 atom stereocenters. The second-order valence-corrected chi connectivity index (χ2v) is 13.1. The molecule has 1 amide bonds. The molecule has 0 radical (unpaired) electrons. The number of rotatable bonds is 9. The molecule has 218 valence electrons. The van der Waals surface area contributed by atoms with Crippen molar-refractivity contribution in [2.24, 2.45) is 18.4 Å². The topological polar surface area (TPSA) is 103 Å². The van der Waals surface area contributed by atoms with Gasteiger partial charge in [-0.1, -0.05) is 13.8 Å². The van der Waals surface area contributed by atoms with Gasteiger partial charge in [-0.3, -0.25) is 14.5 Å². The third kappa shape index (κ3) is 7.25. The van der Waals surface area contributed by atoms with Crippen LogP contribution in [0, 0.1) is 18.3 Å². The van der Waals surface area contributed by atoms with E-state index in [2.05, 4.69) is 20.1 Å². The molecule has 0 spiro atoms. The van der Waals surface area contributed by atoms with Gasteiger partial charge in [0.25, 0.3) is 5.91 Å². The molecule has 8 nitrogen and oxygen atoms in total.